The molecule has 1 heterocycles. The molecule has 3 nitrogen and oxygen atoms in total. The molecular weight excluding hydrogens is 164 g/mol. The van der Waals surface area contributed by atoms with Gasteiger partial charge in [0.2, 0.25) is 0 Å². The van der Waals surface area contributed by atoms with E-state index in [4.69, 9.17) is 11.6 Å². The molecule has 1 aromatic rings. The van der Waals surface area contributed by atoms with Crippen LogP contribution in [0.4, 0.5) is 5.69 Å². The lowest BCUT2D eigenvalue weighted by Crippen LogP contribution is -1.85. The van der Waals surface area contributed by atoms with Crippen molar-refractivity contribution in [2.24, 2.45) is 5.18 Å². The topological polar surface area (TPSA) is 42.3 Å². The van der Waals surface area contributed by atoms with E-state index in [0.717, 1.165) is 5.56 Å². The summed E-state index contributed by atoms with van der Waals surface area (Å²) >= 11 is 5.62. The van der Waals surface area contributed by atoms with E-state index in [1.54, 1.807) is 19.9 Å². The van der Waals surface area contributed by atoms with Gasteiger partial charge in [-0.15, -0.1) is 4.91 Å². The summed E-state index contributed by atoms with van der Waals surface area (Å²) in [6.07, 6.45) is 0. The lowest BCUT2D eigenvalue weighted by atomic mass is 10.2. The van der Waals surface area contributed by atoms with Crippen LogP contribution in [0.5, 0.6) is 0 Å². The second-order valence-electron chi connectivity index (χ2n) is 2.29. The monoisotopic (exact) mass is 170 g/mol. The summed E-state index contributed by atoms with van der Waals surface area (Å²) < 4.78 is 0. The van der Waals surface area contributed by atoms with Gasteiger partial charge in [-0.05, 0) is 30.7 Å². The van der Waals surface area contributed by atoms with Crippen LogP contribution in [0.1, 0.15) is 11.3 Å². The predicted molar refractivity (Wildman–Crippen MR) is 44.2 cm³/mol. The first-order chi connectivity index (χ1) is 5.15. The zero-order chi connectivity index (χ0) is 8.43. The Labute approximate surface area is 69.4 Å². The molecule has 58 valence electrons. The molecule has 0 aliphatic carbocycles. The third kappa shape index (κ3) is 1.54. The zero-order valence-corrected chi connectivity index (χ0v) is 7.01. The van der Waals surface area contributed by atoms with Crippen LogP contribution in [-0.2, 0) is 0 Å². The van der Waals surface area contributed by atoms with Gasteiger partial charge in [-0.3, -0.25) is 0 Å². The Morgan fingerprint density at radius 1 is 1.55 bits per heavy atom. The van der Waals surface area contributed by atoms with Crippen molar-refractivity contribution in [1.82, 2.24) is 4.98 Å². The molecule has 11 heavy (non-hydrogen) atoms. The van der Waals surface area contributed by atoms with Gasteiger partial charge >= 0.3 is 0 Å². The van der Waals surface area contributed by atoms with E-state index in [-0.39, 0.29) is 0 Å². The summed E-state index contributed by atoms with van der Waals surface area (Å²) in [5, 5.41) is 3.24. The van der Waals surface area contributed by atoms with Crippen molar-refractivity contribution in [2.75, 3.05) is 0 Å². The number of nitroso groups, excluding NO2 is 1. The van der Waals surface area contributed by atoms with Crippen LogP contribution in [0.2, 0.25) is 5.15 Å². The molecule has 0 saturated heterocycles. The minimum absolute atomic E-state index is 0.384. The summed E-state index contributed by atoms with van der Waals surface area (Å²) in [4.78, 5) is 14.1. The van der Waals surface area contributed by atoms with Crippen molar-refractivity contribution in [3.05, 3.63) is 27.4 Å². The summed E-state index contributed by atoms with van der Waals surface area (Å²) in [5.41, 5.74) is 1.72. The lowest BCUT2D eigenvalue weighted by molar-refractivity contribution is 1.16. The molecule has 0 unspecified atom stereocenters. The number of pyridine rings is 1. The van der Waals surface area contributed by atoms with E-state index in [9.17, 15) is 4.91 Å². The van der Waals surface area contributed by atoms with Crippen molar-refractivity contribution in [1.29, 1.82) is 0 Å². The molecule has 0 amide bonds. The van der Waals surface area contributed by atoms with Crippen LogP contribution in [0.15, 0.2) is 11.2 Å². The summed E-state index contributed by atoms with van der Waals surface area (Å²) in [6, 6.07) is 1.62. The van der Waals surface area contributed by atoms with Crippen LogP contribution in [0, 0.1) is 18.8 Å². The van der Waals surface area contributed by atoms with Crippen molar-refractivity contribution < 1.29 is 0 Å². The molecule has 0 saturated carbocycles. The second kappa shape index (κ2) is 2.96. The first-order valence-electron chi connectivity index (χ1n) is 3.12. The van der Waals surface area contributed by atoms with Gasteiger partial charge < -0.3 is 0 Å². The molecule has 0 aromatic carbocycles. The van der Waals surface area contributed by atoms with Crippen molar-refractivity contribution in [3.63, 3.8) is 0 Å². The number of aryl methyl sites for hydroxylation is 2. The Kier molecular flexibility index (Phi) is 2.19. The Morgan fingerprint density at radius 2 is 2.18 bits per heavy atom. The maximum atomic E-state index is 10.2. The highest BCUT2D eigenvalue weighted by molar-refractivity contribution is 6.29. The molecular formula is C7H7ClN2O. The fourth-order valence-electron chi connectivity index (χ4n) is 0.916. The molecule has 0 radical (unpaired) electrons. The van der Waals surface area contributed by atoms with Gasteiger partial charge in [0.25, 0.3) is 0 Å². The molecule has 4 heteroatoms. The number of hydrogen-bond acceptors (Lipinski definition) is 3. The highest BCUT2D eigenvalue weighted by Gasteiger charge is 2.04. The van der Waals surface area contributed by atoms with Crippen LogP contribution in [0.3, 0.4) is 0 Å². The minimum atomic E-state index is 0.384. The Hall–Kier alpha value is -0.960. The fraction of sp³-hybridized carbons (Fsp3) is 0.286. The highest BCUT2D eigenvalue weighted by Crippen LogP contribution is 2.23. The summed E-state index contributed by atoms with van der Waals surface area (Å²) in [6.45, 7) is 3.48. The van der Waals surface area contributed by atoms with Crippen LogP contribution in [-0.4, -0.2) is 4.98 Å². The van der Waals surface area contributed by atoms with Crippen molar-refractivity contribution in [2.45, 2.75) is 13.8 Å². The smallest absolute Gasteiger partial charge is 0.132 e. The van der Waals surface area contributed by atoms with E-state index in [0.29, 0.717) is 16.5 Å². The quantitative estimate of drug-likeness (QED) is 0.481. The number of nitrogens with zero attached hydrogens (tertiary/aromatic N) is 2. The maximum absolute atomic E-state index is 10.2. The van der Waals surface area contributed by atoms with Gasteiger partial charge in [0, 0.05) is 0 Å². The third-order valence-electron chi connectivity index (χ3n) is 1.42. The van der Waals surface area contributed by atoms with E-state index in [2.05, 4.69) is 10.2 Å². The summed E-state index contributed by atoms with van der Waals surface area (Å²) in [5.74, 6) is 0. The Morgan fingerprint density at radius 3 is 2.64 bits per heavy atom. The van der Waals surface area contributed by atoms with Crippen molar-refractivity contribution >= 4 is 17.3 Å². The van der Waals surface area contributed by atoms with Gasteiger partial charge in [-0.2, -0.15) is 0 Å². The minimum Gasteiger partial charge on any atom is -0.239 e. The zero-order valence-electron chi connectivity index (χ0n) is 6.26. The molecule has 0 fully saturated rings. The largest absolute Gasteiger partial charge is 0.239 e. The summed E-state index contributed by atoms with van der Waals surface area (Å²) in [7, 11) is 0. The van der Waals surface area contributed by atoms with E-state index in [1.165, 1.54) is 0 Å². The van der Waals surface area contributed by atoms with E-state index >= 15 is 0 Å². The maximum Gasteiger partial charge on any atom is 0.132 e. The van der Waals surface area contributed by atoms with Gasteiger partial charge in [0.1, 0.15) is 10.8 Å². The van der Waals surface area contributed by atoms with Crippen LogP contribution in [0.25, 0.3) is 0 Å². The first kappa shape index (κ1) is 8.14. The molecule has 1 rings (SSSR count). The van der Waals surface area contributed by atoms with Gasteiger partial charge in [0.05, 0.1) is 5.69 Å². The van der Waals surface area contributed by atoms with E-state index in [1.807, 2.05) is 0 Å². The van der Waals surface area contributed by atoms with Gasteiger partial charge in [-0.1, -0.05) is 11.6 Å². The standard InChI is InChI=1S/C7H7ClN2O/c1-4-3-6(8)9-5(2)7(4)10-11/h3H,1-2H3. The molecule has 1 aromatic heterocycles. The van der Waals surface area contributed by atoms with Crippen LogP contribution < -0.4 is 0 Å². The lowest BCUT2D eigenvalue weighted by Gasteiger charge is -1.99. The van der Waals surface area contributed by atoms with E-state index < -0.39 is 0 Å². The number of hydrogen-bond donors (Lipinski definition) is 0. The average Bonchev–Trinajstić information content (AvgIpc) is 1.85. The second-order valence-corrected chi connectivity index (χ2v) is 2.67. The first-order valence-corrected chi connectivity index (χ1v) is 3.50. The highest BCUT2D eigenvalue weighted by atomic mass is 35.5. The number of rotatable bonds is 1. The average molecular weight is 171 g/mol. The Balaban J connectivity index is 3.36. The molecule has 0 aliphatic heterocycles. The third-order valence-corrected chi connectivity index (χ3v) is 1.61. The van der Waals surface area contributed by atoms with Gasteiger partial charge in [-0.25, -0.2) is 4.98 Å². The molecule has 0 atom stereocenters. The number of halogens is 1. The molecule has 0 N–H and O–H groups in total. The van der Waals surface area contributed by atoms with Crippen molar-refractivity contribution in [3.8, 4) is 0 Å². The predicted octanol–water partition coefficient (Wildman–Crippen LogP) is 2.75. The fourth-order valence-corrected chi connectivity index (χ4v) is 1.21. The number of aromatic nitrogens is 1. The molecule has 0 bridgehead atoms. The van der Waals surface area contributed by atoms with Crippen LogP contribution >= 0.6 is 11.6 Å². The SMILES string of the molecule is Cc1cc(Cl)nc(C)c1N=O. The Bertz CT molecular complexity index is 275. The van der Waals surface area contributed by atoms with Gasteiger partial charge in [0.15, 0.2) is 0 Å². The molecule has 0 spiro atoms. The molecule has 0 aliphatic rings. The normalized spacial score (nSPS) is 9.73.